The Labute approximate surface area is 99.8 Å². The van der Waals surface area contributed by atoms with E-state index in [1.165, 1.54) is 12.8 Å². The molecule has 0 aromatic heterocycles. The van der Waals surface area contributed by atoms with Gasteiger partial charge in [0.2, 0.25) is 0 Å². The lowest BCUT2D eigenvalue weighted by molar-refractivity contribution is 0.0938. The second-order valence-corrected chi connectivity index (χ2v) is 4.73. The molecule has 1 aliphatic rings. The van der Waals surface area contributed by atoms with E-state index >= 15 is 0 Å². The van der Waals surface area contributed by atoms with Crippen molar-refractivity contribution in [3.8, 4) is 0 Å². The zero-order valence-corrected chi connectivity index (χ0v) is 10.7. The van der Waals surface area contributed by atoms with Gasteiger partial charge in [0.05, 0.1) is 13.2 Å². The van der Waals surface area contributed by atoms with Crippen LogP contribution in [0.15, 0.2) is 24.3 Å². The number of rotatable bonds is 7. The third-order valence-electron chi connectivity index (χ3n) is 3.18. The molecule has 0 heterocycles. The first-order chi connectivity index (χ1) is 7.74. The molecular weight excluding hydrogens is 198 g/mol. The Hall–Kier alpha value is -0.600. The first-order valence-corrected chi connectivity index (χ1v) is 6.34. The predicted octanol–water partition coefficient (Wildman–Crippen LogP) is 2.77. The highest BCUT2D eigenvalue weighted by atomic mass is 16.5. The van der Waals surface area contributed by atoms with Crippen LogP contribution in [0.2, 0.25) is 0 Å². The summed E-state index contributed by atoms with van der Waals surface area (Å²) < 4.78 is 5.73. The highest BCUT2D eigenvalue weighted by Gasteiger charge is 2.18. The lowest BCUT2D eigenvalue weighted by Crippen LogP contribution is -2.22. The van der Waals surface area contributed by atoms with Crippen molar-refractivity contribution < 1.29 is 4.74 Å². The van der Waals surface area contributed by atoms with Crippen molar-refractivity contribution in [3.05, 3.63) is 24.3 Å². The van der Waals surface area contributed by atoms with Crippen LogP contribution in [0.1, 0.15) is 26.7 Å². The van der Waals surface area contributed by atoms with E-state index in [2.05, 4.69) is 37.9 Å². The molecule has 2 atom stereocenters. The number of nitrogens with one attached hydrogen (secondary N) is 1. The standard InChI is InChI=1S/C14H25NO/c1-4-15-9-12(2)10-16-11-14-8-6-5-7-13(14)3/h5-6,13-15H,2,4,7-11H2,1,3H3. The monoisotopic (exact) mass is 223 g/mol. The van der Waals surface area contributed by atoms with Gasteiger partial charge in [-0.15, -0.1) is 0 Å². The molecule has 2 nitrogen and oxygen atoms in total. The number of hydrogen-bond acceptors (Lipinski definition) is 2. The van der Waals surface area contributed by atoms with Gasteiger partial charge < -0.3 is 10.1 Å². The van der Waals surface area contributed by atoms with Gasteiger partial charge in [0.25, 0.3) is 0 Å². The van der Waals surface area contributed by atoms with Gasteiger partial charge in [-0.2, -0.15) is 0 Å². The SMILES string of the molecule is C=C(CNCC)COCC1CC=CCC1C. The molecule has 0 aromatic carbocycles. The fourth-order valence-electron chi connectivity index (χ4n) is 1.95. The maximum atomic E-state index is 5.73. The summed E-state index contributed by atoms with van der Waals surface area (Å²) in [6, 6.07) is 0. The fourth-order valence-corrected chi connectivity index (χ4v) is 1.95. The van der Waals surface area contributed by atoms with E-state index in [9.17, 15) is 0 Å². The molecule has 1 rings (SSSR count). The summed E-state index contributed by atoms with van der Waals surface area (Å²) in [6.45, 7) is 11.8. The zero-order chi connectivity index (χ0) is 11.8. The Morgan fingerprint density at radius 1 is 1.44 bits per heavy atom. The van der Waals surface area contributed by atoms with E-state index in [0.29, 0.717) is 12.5 Å². The second kappa shape index (κ2) is 7.64. The van der Waals surface area contributed by atoms with Crippen molar-refractivity contribution >= 4 is 0 Å². The molecule has 92 valence electrons. The highest BCUT2D eigenvalue weighted by molar-refractivity contribution is 4.97. The molecule has 0 saturated carbocycles. The van der Waals surface area contributed by atoms with Gasteiger partial charge >= 0.3 is 0 Å². The minimum absolute atomic E-state index is 0.692. The topological polar surface area (TPSA) is 21.3 Å². The van der Waals surface area contributed by atoms with E-state index < -0.39 is 0 Å². The quantitative estimate of drug-likeness (QED) is 0.670. The predicted molar refractivity (Wildman–Crippen MR) is 69.5 cm³/mol. The number of ether oxygens (including phenoxy) is 1. The number of allylic oxidation sites excluding steroid dienone is 2. The average Bonchev–Trinajstić information content (AvgIpc) is 2.29. The van der Waals surface area contributed by atoms with Crippen molar-refractivity contribution in [1.29, 1.82) is 0 Å². The van der Waals surface area contributed by atoms with Crippen molar-refractivity contribution in [2.24, 2.45) is 11.8 Å². The van der Waals surface area contributed by atoms with Gasteiger partial charge in [0, 0.05) is 6.54 Å². The van der Waals surface area contributed by atoms with Crippen LogP contribution in [-0.2, 0) is 4.74 Å². The van der Waals surface area contributed by atoms with Gasteiger partial charge in [-0.3, -0.25) is 0 Å². The van der Waals surface area contributed by atoms with Crippen LogP contribution in [0.3, 0.4) is 0 Å². The molecule has 2 unspecified atom stereocenters. The van der Waals surface area contributed by atoms with Gasteiger partial charge in [-0.25, -0.2) is 0 Å². The minimum Gasteiger partial charge on any atom is -0.377 e. The first kappa shape index (κ1) is 13.5. The third kappa shape index (κ3) is 4.95. The van der Waals surface area contributed by atoms with Crippen LogP contribution in [-0.4, -0.2) is 26.3 Å². The Morgan fingerprint density at radius 3 is 2.88 bits per heavy atom. The largest absolute Gasteiger partial charge is 0.377 e. The third-order valence-corrected chi connectivity index (χ3v) is 3.18. The zero-order valence-electron chi connectivity index (χ0n) is 10.7. The molecule has 0 aliphatic heterocycles. The van der Waals surface area contributed by atoms with E-state index in [1.807, 2.05) is 0 Å². The molecule has 0 aromatic rings. The van der Waals surface area contributed by atoms with Crippen molar-refractivity contribution in [2.75, 3.05) is 26.3 Å². The van der Waals surface area contributed by atoms with Crippen LogP contribution in [0.25, 0.3) is 0 Å². The maximum absolute atomic E-state index is 5.73. The van der Waals surface area contributed by atoms with Crippen molar-refractivity contribution in [1.82, 2.24) is 5.32 Å². The number of hydrogen-bond donors (Lipinski definition) is 1. The molecule has 0 amide bonds. The van der Waals surface area contributed by atoms with Gasteiger partial charge in [-0.05, 0) is 36.8 Å². The summed E-state index contributed by atoms with van der Waals surface area (Å²) in [5, 5.41) is 3.25. The lowest BCUT2D eigenvalue weighted by atomic mass is 9.85. The van der Waals surface area contributed by atoms with Crippen LogP contribution >= 0.6 is 0 Å². The Bertz CT molecular complexity index is 235. The molecule has 0 fully saturated rings. The smallest absolute Gasteiger partial charge is 0.0686 e. The minimum atomic E-state index is 0.692. The fraction of sp³-hybridized carbons (Fsp3) is 0.714. The summed E-state index contributed by atoms with van der Waals surface area (Å²) in [5.74, 6) is 1.45. The normalized spacial score (nSPS) is 24.6. The van der Waals surface area contributed by atoms with Gasteiger partial charge in [0.15, 0.2) is 0 Å². The summed E-state index contributed by atoms with van der Waals surface area (Å²) in [7, 11) is 0. The molecule has 0 spiro atoms. The molecule has 0 bridgehead atoms. The van der Waals surface area contributed by atoms with Crippen molar-refractivity contribution in [2.45, 2.75) is 26.7 Å². The van der Waals surface area contributed by atoms with Crippen LogP contribution < -0.4 is 5.32 Å². The summed E-state index contributed by atoms with van der Waals surface area (Å²) in [4.78, 5) is 0. The average molecular weight is 223 g/mol. The molecule has 1 N–H and O–H groups in total. The highest BCUT2D eigenvalue weighted by Crippen LogP contribution is 2.24. The van der Waals surface area contributed by atoms with Crippen molar-refractivity contribution in [3.63, 3.8) is 0 Å². The van der Waals surface area contributed by atoms with E-state index in [1.54, 1.807) is 0 Å². The number of likely N-dealkylation sites (N-methyl/N-ethyl adjacent to an activating group) is 1. The molecule has 16 heavy (non-hydrogen) atoms. The van der Waals surface area contributed by atoms with Gasteiger partial charge in [-0.1, -0.05) is 32.6 Å². The van der Waals surface area contributed by atoms with E-state index in [4.69, 9.17) is 4.74 Å². The molecule has 0 radical (unpaired) electrons. The van der Waals surface area contributed by atoms with E-state index in [0.717, 1.165) is 31.2 Å². The van der Waals surface area contributed by atoms with E-state index in [-0.39, 0.29) is 0 Å². The lowest BCUT2D eigenvalue weighted by Gasteiger charge is -2.25. The first-order valence-electron chi connectivity index (χ1n) is 6.34. The molecule has 0 saturated heterocycles. The Balaban J connectivity index is 2.10. The van der Waals surface area contributed by atoms with Gasteiger partial charge in [0.1, 0.15) is 0 Å². The second-order valence-electron chi connectivity index (χ2n) is 4.73. The Kier molecular flexibility index (Phi) is 6.43. The summed E-state index contributed by atoms with van der Waals surface area (Å²) >= 11 is 0. The maximum Gasteiger partial charge on any atom is 0.0686 e. The van der Waals surface area contributed by atoms with Crippen LogP contribution in [0.5, 0.6) is 0 Å². The van der Waals surface area contributed by atoms with Crippen LogP contribution in [0.4, 0.5) is 0 Å². The molecule has 1 aliphatic carbocycles. The Morgan fingerprint density at radius 2 is 2.19 bits per heavy atom. The van der Waals surface area contributed by atoms with Crippen LogP contribution in [0, 0.1) is 11.8 Å². The molecule has 2 heteroatoms. The summed E-state index contributed by atoms with van der Waals surface area (Å²) in [6.07, 6.45) is 6.93. The molecular formula is C14H25NO. The summed E-state index contributed by atoms with van der Waals surface area (Å²) in [5.41, 5.74) is 1.14.